The first-order chi connectivity index (χ1) is 16.5. The molecule has 7 nitrogen and oxygen atoms in total. The molecule has 0 aromatic heterocycles. The summed E-state index contributed by atoms with van der Waals surface area (Å²) in [5, 5.41) is 14.9. The summed E-state index contributed by atoms with van der Waals surface area (Å²) < 4.78 is 5.60. The monoisotopic (exact) mass is 464 g/mol. The maximum Gasteiger partial charge on any atom is 0.407 e. The Balaban J connectivity index is 1.26. The van der Waals surface area contributed by atoms with E-state index in [1.165, 1.54) is 11.1 Å². The number of rotatable bonds is 8. The number of hydrogen-bond acceptors (Lipinski definition) is 4. The molecule has 0 aliphatic heterocycles. The van der Waals surface area contributed by atoms with Gasteiger partial charge in [-0.15, -0.1) is 0 Å². The molecule has 34 heavy (non-hydrogen) atoms. The lowest BCUT2D eigenvalue weighted by atomic mass is 9.86. The number of amides is 2. The van der Waals surface area contributed by atoms with Crippen LogP contribution in [0.4, 0.5) is 4.79 Å². The molecule has 0 saturated heterocycles. The molecule has 1 saturated carbocycles. The van der Waals surface area contributed by atoms with Crippen LogP contribution < -0.4 is 10.6 Å². The van der Waals surface area contributed by atoms with Gasteiger partial charge in [0, 0.05) is 24.4 Å². The zero-order chi connectivity index (χ0) is 24.1. The number of aliphatic carboxylic acids is 1. The van der Waals surface area contributed by atoms with Crippen molar-refractivity contribution in [1.29, 1.82) is 0 Å². The summed E-state index contributed by atoms with van der Waals surface area (Å²) in [4.78, 5) is 36.1. The highest BCUT2D eigenvalue weighted by Gasteiger charge is 2.30. The van der Waals surface area contributed by atoms with E-state index < -0.39 is 12.1 Å². The Kier molecular flexibility index (Phi) is 7.50. The number of hydrogen-bond donors (Lipinski definition) is 3. The number of carboxylic acids is 1. The zero-order valence-electron chi connectivity index (χ0n) is 19.5. The second kappa shape index (κ2) is 10.7. The maximum absolute atomic E-state index is 12.5. The first-order valence-corrected chi connectivity index (χ1v) is 12.1. The predicted octanol–water partition coefficient (Wildman–Crippen LogP) is 4.45. The second-order valence-electron chi connectivity index (χ2n) is 9.23. The third kappa shape index (κ3) is 5.41. The largest absolute Gasteiger partial charge is 0.481 e. The van der Waals surface area contributed by atoms with Crippen LogP contribution in [0.15, 0.2) is 48.5 Å². The average molecular weight is 465 g/mol. The number of nitrogens with one attached hydrogen (secondary N) is 2. The highest BCUT2D eigenvalue weighted by Crippen LogP contribution is 2.44. The van der Waals surface area contributed by atoms with Crippen LogP contribution in [0.25, 0.3) is 11.1 Å². The van der Waals surface area contributed by atoms with Crippen molar-refractivity contribution in [3.05, 3.63) is 59.7 Å². The fourth-order valence-corrected chi connectivity index (χ4v) is 5.10. The van der Waals surface area contributed by atoms with Gasteiger partial charge in [0.1, 0.15) is 6.61 Å². The maximum atomic E-state index is 12.5. The first-order valence-electron chi connectivity index (χ1n) is 12.1. The Morgan fingerprint density at radius 1 is 0.971 bits per heavy atom. The minimum atomic E-state index is -0.761. The minimum Gasteiger partial charge on any atom is -0.481 e. The Hall–Kier alpha value is -3.35. The lowest BCUT2D eigenvalue weighted by molar-refractivity contribution is -0.142. The van der Waals surface area contributed by atoms with Gasteiger partial charge in [0.05, 0.1) is 5.92 Å². The lowest BCUT2D eigenvalue weighted by Crippen LogP contribution is -2.43. The molecule has 0 spiro atoms. The van der Waals surface area contributed by atoms with Crippen molar-refractivity contribution in [3.63, 3.8) is 0 Å². The summed E-state index contributed by atoms with van der Waals surface area (Å²) >= 11 is 0. The van der Waals surface area contributed by atoms with Gasteiger partial charge in [-0.25, -0.2) is 4.79 Å². The molecule has 180 valence electrons. The molecule has 1 atom stereocenters. The molecule has 4 rings (SSSR count). The van der Waals surface area contributed by atoms with E-state index in [2.05, 4.69) is 34.9 Å². The van der Waals surface area contributed by atoms with Gasteiger partial charge in [-0.05, 0) is 54.4 Å². The van der Waals surface area contributed by atoms with Crippen molar-refractivity contribution in [2.24, 2.45) is 5.92 Å². The molecule has 2 aliphatic carbocycles. The van der Waals surface area contributed by atoms with E-state index in [0.29, 0.717) is 32.1 Å². The van der Waals surface area contributed by atoms with Crippen LogP contribution >= 0.6 is 0 Å². The third-order valence-corrected chi connectivity index (χ3v) is 7.03. The van der Waals surface area contributed by atoms with Gasteiger partial charge in [-0.3, -0.25) is 9.59 Å². The number of carbonyl (C=O) groups is 3. The van der Waals surface area contributed by atoms with Gasteiger partial charge in [0.2, 0.25) is 5.91 Å². The van der Waals surface area contributed by atoms with Crippen molar-refractivity contribution in [2.45, 2.75) is 63.5 Å². The van der Waals surface area contributed by atoms with E-state index >= 15 is 0 Å². The highest BCUT2D eigenvalue weighted by atomic mass is 16.5. The first kappa shape index (κ1) is 23.8. The molecule has 1 fully saturated rings. The van der Waals surface area contributed by atoms with Gasteiger partial charge >= 0.3 is 12.1 Å². The van der Waals surface area contributed by atoms with Crippen LogP contribution in [0.2, 0.25) is 0 Å². The summed E-state index contributed by atoms with van der Waals surface area (Å²) in [5.41, 5.74) is 4.65. The molecule has 2 aromatic carbocycles. The van der Waals surface area contributed by atoms with E-state index in [0.717, 1.165) is 11.1 Å². The fraction of sp³-hybridized carbons (Fsp3) is 0.444. The Morgan fingerprint density at radius 3 is 2.12 bits per heavy atom. The minimum absolute atomic E-state index is 0.00457. The van der Waals surface area contributed by atoms with Crippen molar-refractivity contribution in [2.75, 3.05) is 6.61 Å². The lowest BCUT2D eigenvalue weighted by Gasteiger charge is -2.27. The van der Waals surface area contributed by atoms with Crippen molar-refractivity contribution >= 4 is 18.0 Å². The van der Waals surface area contributed by atoms with E-state index in [4.69, 9.17) is 9.84 Å². The van der Waals surface area contributed by atoms with Crippen molar-refractivity contribution in [3.8, 4) is 11.1 Å². The van der Waals surface area contributed by atoms with E-state index in [9.17, 15) is 14.4 Å². The molecular weight excluding hydrogens is 432 g/mol. The van der Waals surface area contributed by atoms with Crippen LogP contribution in [0.1, 0.15) is 62.5 Å². The molecular formula is C27H32N2O5. The van der Waals surface area contributed by atoms with Crippen molar-refractivity contribution in [1.82, 2.24) is 10.6 Å². The molecule has 2 aliphatic rings. The summed E-state index contributed by atoms with van der Waals surface area (Å²) in [5.74, 6) is -1.22. The molecule has 0 unspecified atom stereocenters. The summed E-state index contributed by atoms with van der Waals surface area (Å²) in [7, 11) is 0. The van der Waals surface area contributed by atoms with Crippen LogP contribution in [-0.2, 0) is 14.3 Å². The Bertz CT molecular complexity index is 999. The molecule has 0 radical (unpaired) electrons. The summed E-state index contributed by atoms with van der Waals surface area (Å²) in [6.07, 6.45) is 2.73. The van der Waals surface area contributed by atoms with E-state index in [-0.39, 0.29) is 42.9 Å². The topological polar surface area (TPSA) is 105 Å². The normalized spacial score (nSPS) is 20.0. The van der Waals surface area contributed by atoms with Crippen LogP contribution in [0.3, 0.4) is 0 Å². The quantitative estimate of drug-likeness (QED) is 0.535. The smallest absolute Gasteiger partial charge is 0.407 e. The van der Waals surface area contributed by atoms with Crippen molar-refractivity contribution < 1.29 is 24.2 Å². The average Bonchev–Trinajstić information content (AvgIpc) is 3.16. The second-order valence-corrected chi connectivity index (χ2v) is 9.23. The highest BCUT2D eigenvalue weighted by molar-refractivity contribution is 5.80. The molecule has 0 bridgehead atoms. The summed E-state index contributed by atoms with van der Waals surface area (Å²) in [6, 6.07) is 16.0. The van der Waals surface area contributed by atoms with Gasteiger partial charge < -0.3 is 20.5 Å². The zero-order valence-corrected chi connectivity index (χ0v) is 19.5. The van der Waals surface area contributed by atoms with Crippen LogP contribution in [-0.4, -0.2) is 41.8 Å². The van der Waals surface area contributed by atoms with Gasteiger partial charge in [0.15, 0.2) is 0 Å². The fourth-order valence-electron chi connectivity index (χ4n) is 5.10. The Labute approximate surface area is 199 Å². The molecule has 2 amide bonds. The number of carboxylic acid groups (broad SMARTS) is 1. The molecule has 0 heterocycles. The van der Waals surface area contributed by atoms with E-state index in [1.807, 2.05) is 31.2 Å². The van der Waals surface area contributed by atoms with Gasteiger partial charge in [0.25, 0.3) is 0 Å². The number of benzene rings is 2. The number of alkyl carbamates (subject to hydrolysis) is 1. The van der Waals surface area contributed by atoms with Gasteiger partial charge in [-0.1, -0.05) is 55.5 Å². The molecule has 3 N–H and O–H groups in total. The molecule has 7 heteroatoms. The third-order valence-electron chi connectivity index (χ3n) is 7.03. The number of fused-ring (bicyclic) bond motifs is 3. The van der Waals surface area contributed by atoms with Gasteiger partial charge in [-0.2, -0.15) is 0 Å². The standard InChI is InChI=1S/C27H32N2O5/c1-2-18(15-25(30)28-19-13-11-17(12-14-19)26(31)32)29-27(33)34-16-24-22-9-5-3-7-20(22)21-8-4-6-10-23(21)24/h3-10,17-19,24H,2,11-16H2,1H3,(H,28,30)(H,29,33)(H,31,32)/t17?,18-,19?/m0/s1. The SMILES string of the molecule is CC[C@@H](CC(=O)NC1CCC(C(=O)O)CC1)NC(=O)OCC1c2ccccc2-c2ccccc21. The molecule has 2 aromatic rings. The number of carbonyl (C=O) groups excluding carboxylic acids is 2. The number of ether oxygens (including phenoxy) is 1. The summed E-state index contributed by atoms with van der Waals surface area (Å²) in [6.45, 7) is 2.15. The van der Waals surface area contributed by atoms with Crippen LogP contribution in [0, 0.1) is 5.92 Å². The van der Waals surface area contributed by atoms with E-state index in [1.54, 1.807) is 0 Å². The Morgan fingerprint density at radius 2 is 1.56 bits per heavy atom. The predicted molar refractivity (Wildman–Crippen MR) is 128 cm³/mol. The van der Waals surface area contributed by atoms with Crippen LogP contribution in [0.5, 0.6) is 0 Å².